The molecule has 0 bridgehead atoms. The molecule has 2 amide bonds. The molecule has 0 aliphatic carbocycles. The molecule has 0 atom stereocenters. The molecule has 3 aromatic rings. The molecule has 1 heterocycles. The Morgan fingerprint density at radius 2 is 1.76 bits per heavy atom. The number of rotatable bonds is 11. The van der Waals surface area contributed by atoms with Crippen LogP contribution in [0.4, 0.5) is 5.69 Å². The van der Waals surface area contributed by atoms with Crippen LogP contribution < -0.4 is 9.64 Å². The second-order valence-corrected chi connectivity index (χ2v) is 9.98. The number of amides is 2. The summed E-state index contributed by atoms with van der Waals surface area (Å²) in [7, 11) is 0. The zero-order valence-electron chi connectivity index (χ0n) is 23.6. The van der Waals surface area contributed by atoms with Crippen LogP contribution in [0.1, 0.15) is 58.8 Å². The van der Waals surface area contributed by atoms with Crippen molar-refractivity contribution in [1.29, 1.82) is 5.26 Å². The molecule has 0 radical (unpaired) electrons. The number of hydrogen-bond acceptors (Lipinski definition) is 6. The second kappa shape index (κ2) is 14.1. The van der Waals surface area contributed by atoms with E-state index in [0.717, 1.165) is 37.1 Å². The van der Waals surface area contributed by atoms with Crippen molar-refractivity contribution in [1.82, 2.24) is 4.90 Å². The SMILES string of the molecule is CCOC(=O)CCN(C(=O)Cc1cc(C#N)ccc1OCc1ccccc1)c1ccc(C(=O)N2CCCC2)c(C)c1. The standard InChI is InChI=1S/C33H35N3O5/c1-3-40-32(38)15-18-36(28-12-13-29(24(2)19-28)33(39)35-16-7-8-17-35)31(37)21-27-20-26(22-34)11-14-30(27)41-23-25-9-5-4-6-10-25/h4-6,9-14,19-20H,3,7-8,15-18,21,23H2,1-2H3. The molecule has 1 aliphatic heterocycles. The minimum Gasteiger partial charge on any atom is -0.489 e. The molecule has 1 aliphatic rings. The number of nitrogens with zero attached hydrogens (tertiary/aromatic N) is 3. The lowest BCUT2D eigenvalue weighted by Gasteiger charge is -2.25. The molecule has 212 valence electrons. The Morgan fingerprint density at radius 3 is 2.44 bits per heavy atom. The van der Waals surface area contributed by atoms with Gasteiger partial charge < -0.3 is 19.3 Å². The van der Waals surface area contributed by atoms with Gasteiger partial charge in [-0.3, -0.25) is 14.4 Å². The third-order valence-corrected chi connectivity index (χ3v) is 7.06. The van der Waals surface area contributed by atoms with Crippen LogP contribution in [0.15, 0.2) is 66.7 Å². The van der Waals surface area contributed by atoms with Crippen molar-refractivity contribution < 1.29 is 23.9 Å². The highest BCUT2D eigenvalue weighted by atomic mass is 16.5. The Morgan fingerprint density at radius 1 is 1.00 bits per heavy atom. The van der Waals surface area contributed by atoms with Gasteiger partial charge in [0.05, 0.1) is 31.1 Å². The number of benzene rings is 3. The van der Waals surface area contributed by atoms with Gasteiger partial charge in [0.15, 0.2) is 0 Å². The fourth-order valence-corrected chi connectivity index (χ4v) is 4.90. The number of ether oxygens (including phenoxy) is 2. The molecule has 0 spiro atoms. The van der Waals surface area contributed by atoms with Crippen LogP contribution in [0.2, 0.25) is 0 Å². The maximum Gasteiger partial charge on any atom is 0.307 e. The first-order valence-electron chi connectivity index (χ1n) is 13.9. The van der Waals surface area contributed by atoms with Gasteiger partial charge in [0.2, 0.25) is 5.91 Å². The fraction of sp³-hybridized carbons (Fsp3) is 0.333. The van der Waals surface area contributed by atoms with Gasteiger partial charge in [0.1, 0.15) is 12.4 Å². The van der Waals surface area contributed by atoms with Crippen LogP contribution in [-0.2, 0) is 27.4 Å². The summed E-state index contributed by atoms with van der Waals surface area (Å²) in [4.78, 5) is 42.4. The number of likely N-dealkylation sites (tertiary alicyclic amines) is 1. The largest absolute Gasteiger partial charge is 0.489 e. The first-order valence-corrected chi connectivity index (χ1v) is 13.9. The molecule has 0 saturated carbocycles. The fourth-order valence-electron chi connectivity index (χ4n) is 4.90. The van der Waals surface area contributed by atoms with Crippen molar-refractivity contribution in [3.8, 4) is 11.8 Å². The van der Waals surface area contributed by atoms with E-state index >= 15 is 0 Å². The molecule has 3 aromatic carbocycles. The van der Waals surface area contributed by atoms with E-state index in [0.29, 0.717) is 34.7 Å². The van der Waals surface area contributed by atoms with Crippen LogP contribution in [0.5, 0.6) is 5.75 Å². The predicted octanol–water partition coefficient (Wildman–Crippen LogP) is 5.21. The van der Waals surface area contributed by atoms with Crippen LogP contribution in [0.25, 0.3) is 0 Å². The summed E-state index contributed by atoms with van der Waals surface area (Å²) in [5.41, 5.74) is 3.91. The number of carbonyl (C=O) groups excluding carboxylic acids is 3. The molecule has 1 fully saturated rings. The highest BCUT2D eigenvalue weighted by Gasteiger charge is 2.24. The van der Waals surface area contributed by atoms with Gasteiger partial charge in [-0.15, -0.1) is 0 Å². The van der Waals surface area contributed by atoms with E-state index in [-0.39, 0.29) is 37.8 Å². The maximum absolute atomic E-state index is 13.8. The molecular weight excluding hydrogens is 518 g/mol. The molecule has 41 heavy (non-hydrogen) atoms. The summed E-state index contributed by atoms with van der Waals surface area (Å²) in [6, 6.07) is 22.1. The molecule has 4 rings (SSSR count). The number of hydrogen-bond donors (Lipinski definition) is 0. The molecule has 0 unspecified atom stereocenters. The normalized spacial score (nSPS) is 12.5. The summed E-state index contributed by atoms with van der Waals surface area (Å²) in [5, 5.41) is 9.49. The van der Waals surface area contributed by atoms with Gasteiger partial charge in [-0.05, 0) is 74.2 Å². The molecular formula is C33H35N3O5. The number of carbonyl (C=O) groups is 3. The van der Waals surface area contributed by atoms with Crippen molar-refractivity contribution in [3.63, 3.8) is 0 Å². The topological polar surface area (TPSA) is 99.9 Å². The third-order valence-electron chi connectivity index (χ3n) is 7.06. The van der Waals surface area contributed by atoms with E-state index in [1.807, 2.05) is 48.2 Å². The average molecular weight is 554 g/mol. The van der Waals surface area contributed by atoms with Gasteiger partial charge >= 0.3 is 5.97 Å². The molecule has 8 heteroatoms. The zero-order chi connectivity index (χ0) is 29.2. The van der Waals surface area contributed by atoms with Crippen LogP contribution in [0, 0.1) is 18.3 Å². The Balaban J connectivity index is 1.59. The summed E-state index contributed by atoms with van der Waals surface area (Å²) in [6.45, 7) is 5.76. The van der Waals surface area contributed by atoms with E-state index in [9.17, 15) is 19.6 Å². The van der Waals surface area contributed by atoms with E-state index in [1.54, 1.807) is 37.3 Å². The molecule has 1 saturated heterocycles. The van der Waals surface area contributed by atoms with Gasteiger partial charge in [0.25, 0.3) is 5.91 Å². The summed E-state index contributed by atoms with van der Waals surface area (Å²) in [6.07, 6.45) is 1.98. The van der Waals surface area contributed by atoms with E-state index in [2.05, 4.69) is 6.07 Å². The Bertz CT molecular complexity index is 1420. The van der Waals surface area contributed by atoms with Crippen molar-refractivity contribution in [3.05, 3.63) is 94.5 Å². The summed E-state index contributed by atoms with van der Waals surface area (Å²) < 4.78 is 11.2. The lowest BCUT2D eigenvalue weighted by Crippen LogP contribution is -2.35. The third kappa shape index (κ3) is 7.73. The van der Waals surface area contributed by atoms with Crippen molar-refractivity contribution in [2.45, 2.75) is 46.1 Å². The molecule has 8 nitrogen and oxygen atoms in total. The van der Waals surface area contributed by atoms with Crippen molar-refractivity contribution in [2.24, 2.45) is 0 Å². The van der Waals surface area contributed by atoms with Crippen molar-refractivity contribution in [2.75, 3.05) is 31.1 Å². The first-order chi connectivity index (χ1) is 19.9. The average Bonchev–Trinajstić information content (AvgIpc) is 3.52. The highest BCUT2D eigenvalue weighted by molar-refractivity contribution is 5.99. The van der Waals surface area contributed by atoms with Crippen LogP contribution in [-0.4, -0.2) is 48.9 Å². The maximum atomic E-state index is 13.8. The first kappa shape index (κ1) is 29.3. The quantitative estimate of drug-likeness (QED) is 0.302. The van der Waals surface area contributed by atoms with Gasteiger partial charge in [-0.1, -0.05) is 30.3 Å². The Labute approximate surface area is 241 Å². The summed E-state index contributed by atoms with van der Waals surface area (Å²) in [5.74, 6) is -0.174. The smallest absolute Gasteiger partial charge is 0.307 e. The second-order valence-electron chi connectivity index (χ2n) is 9.98. The van der Waals surface area contributed by atoms with E-state index < -0.39 is 5.97 Å². The van der Waals surface area contributed by atoms with Crippen LogP contribution in [0.3, 0.4) is 0 Å². The van der Waals surface area contributed by atoms with Crippen molar-refractivity contribution >= 4 is 23.5 Å². The monoisotopic (exact) mass is 553 g/mol. The minimum absolute atomic E-state index is 0.00975. The zero-order valence-corrected chi connectivity index (χ0v) is 23.6. The number of nitriles is 1. The minimum atomic E-state index is -0.402. The van der Waals surface area contributed by atoms with Gasteiger partial charge in [-0.25, -0.2) is 0 Å². The lowest BCUT2D eigenvalue weighted by molar-refractivity contribution is -0.142. The number of aryl methyl sites for hydroxylation is 1. The van der Waals surface area contributed by atoms with Gasteiger partial charge in [-0.2, -0.15) is 5.26 Å². The molecule has 0 N–H and O–H groups in total. The lowest BCUT2D eigenvalue weighted by atomic mass is 10.0. The number of anilines is 1. The molecule has 0 aromatic heterocycles. The Kier molecular flexibility index (Phi) is 10.1. The highest BCUT2D eigenvalue weighted by Crippen LogP contribution is 2.26. The van der Waals surface area contributed by atoms with Gasteiger partial charge in [0, 0.05) is 36.4 Å². The van der Waals surface area contributed by atoms with E-state index in [1.165, 1.54) is 4.90 Å². The summed E-state index contributed by atoms with van der Waals surface area (Å²) >= 11 is 0. The number of esters is 1. The Hall–Kier alpha value is -4.64. The van der Waals surface area contributed by atoms with E-state index in [4.69, 9.17) is 9.47 Å². The van der Waals surface area contributed by atoms with Crippen LogP contribution >= 0.6 is 0 Å². The predicted molar refractivity (Wildman–Crippen MR) is 156 cm³/mol.